The first kappa shape index (κ1) is 15.3. The van der Waals surface area contributed by atoms with Gasteiger partial charge < -0.3 is 5.32 Å². The number of rotatable bonds is 4. The fourth-order valence-corrected chi connectivity index (χ4v) is 3.28. The highest BCUT2D eigenvalue weighted by Crippen LogP contribution is 2.26. The first-order valence-electron chi connectivity index (χ1n) is 7.06. The van der Waals surface area contributed by atoms with Crippen LogP contribution in [0.3, 0.4) is 0 Å². The van der Waals surface area contributed by atoms with Crippen molar-refractivity contribution in [2.24, 2.45) is 0 Å². The minimum Gasteiger partial charge on any atom is -0.304 e. The second kappa shape index (κ2) is 6.55. The fourth-order valence-electron chi connectivity index (χ4n) is 2.65. The zero-order chi connectivity index (χ0) is 14.7. The van der Waals surface area contributed by atoms with Crippen LogP contribution in [0.1, 0.15) is 48.2 Å². The lowest BCUT2D eigenvalue weighted by Crippen LogP contribution is -2.22. The molecule has 2 unspecified atom stereocenters. The van der Waals surface area contributed by atoms with Gasteiger partial charge in [0.1, 0.15) is 0 Å². The molecule has 2 aromatic rings. The van der Waals surface area contributed by atoms with Gasteiger partial charge in [-0.2, -0.15) is 0 Å². The van der Waals surface area contributed by atoms with E-state index in [1.807, 2.05) is 6.07 Å². The van der Waals surface area contributed by atoms with Crippen molar-refractivity contribution in [1.29, 1.82) is 0 Å². The van der Waals surface area contributed by atoms with Crippen molar-refractivity contribution in [1.82, 2.24) is 5.32 Å². The molecule has 0 amide bonds. The second-order valence-corrected chi connectivity index (χ2v) is 6.41. The van der Waals surface area contributed by atoms with Crippen LogP contribution in [0.2, 0.25) is 0 Å². The summed E-state index contributed by atoms with van der Waals surface area (Å²) in [5.41, 5.74) is 5.29. The molecule has 0 bridgehead atoms. The molecule has 0 spiro atoms. The van der Waals surface area contributed by atoms with Crippen molar-refractivity contribution in [2.75, 3.05) is 0 Å². The molecule has 0 aliphatic heterocycles. The molecule has 2 heteroatoms. The summed E-state index contributed by atoms with van der Waals surface area (Å²) in [7, 11) is 0. The zero-order valence-electron chi connectivity index (χ0n) is 12.6. The van der Waals surface area contributed by atoms with Gasteiger partial charge in [-0.25, -0.2) is 0 Å². The third kappa shape index (κ3) is 3.71. The van der Waals surface area contributed by atoms with Gasteiger partial charge in [0.25, 0.3) is 0 Å². The fraction of sp³-hybridized carbons (Fsp3) is 0.333. The Hall–Kier alpha value is -1.12. The maximum atomic E-state index is 3.68. The van der Waals surface area contributed by atoms with Crippen molar-refractivity contribution in [2.45, 2.75) is 39.8 Å². The molecule has 106 valence electrons. The normalized spacial score (nSPS) is 14.1. The van der Waals surface area contributed by atoms with E-state index in [4.69, 9.17) is 0 Å². The van der Waals surface area contributed by atoms with Gasteiger partial charge in [0.15, 0.2) is 0 Å². The lowest BCUT2D eigenvalue weighted by molar-refractivity contribution is 0.493. The first-order chi connectivity index (χ1) is 9.47. The number of hydrogen-bond donors (Lipinski definition) is 1. The van der Waals surface area contributed by atoms with Crippen LogP contribution in [0.5, 0.6) is 0 Å². The van der Waals surface area contributed by atoms with E-state index >= 15 is 0 Å². The second-order valence-electron chi connectivity index (χ2n) is 5.55. The van der Waals surface area contributed by atoms with Gasteiger partial charge in [-0.15, -0.1) is 0 Å². The molecule has 0 aliphatic carbocycles. The molecule has 0 aromatic heterocycles. The van der Waals surface area contributed by atoms with E-state index in [0.717, 1.165) is 4.47 Å². The van der Waals surface area contributed by atoms with Crippen LogP contribution < -0.4 is 5.32 Å². The van der Waals surface area contributed by atoms with Gasteiger partial charge in [-0.1, -0.05) is 63.5 Å². The maximum absolute atomic E-state index is 3.68. The van der Waals surface area contributed by atoms with Crippen LogP contribution in [0, 0.1) is 13.8 Å². The van der Waals surface area contributed by atoms with Crippen LogP contribution >= 0.6 is 15.9 Å². The van der Waals surface area contributed by atoms with E-state index in [-0.39, 0.29) is 0 Å². The predicted octanol–water partition coefficient (Wildman–Crippen LogP) is 5.48. The molecule has 0 heterocycles. The van der Waals surface area contributed by atoms with Crippen LogP contribution in [0.4, 0.5) is 0 Å². The summed E-state index contributed by atoms with van der Waals surface area (Å²) < 4.78 is 1.16. The highest BCUT2D eigenvalue weighted by Gasteiger charge is 2.13. The van der Waals surface area contributed by atoms with Crippen molar-refractivity contribution in [3.05, 3.63) is 69.2 Å². The topological polar surface area (TPSA) is 12.0 Å². The number of hydrogen-bond acceptors (Lipinski definition) is 1. The van der Waals surface area contributed by atoms with Crippen LogP contribution in [0.15, 0.2) is 46.9 Å². The Morgan fingerprint density at radius 2 is 1.50 bits per heavy atom. The Labute approximate surface area is 130 Å². The van der Waals surface area contributed by atoms with Gasteiger partial charge in [0.05, 0.1) is 0 Å². The largest absolute Gasteiger partial charge is 0.304 e. The van der Waals surface area contributed by atoms with Crippen LogP contribution in [-0.4, -0.2) is 0 Å². The van der Waals surface area contributed by atoms with Gasteiger partial charge in [0, 0.05) is 16.6 Å². The molecule has 2 rings (SSSR count). The van der Waals surface area contributed by atoms with Crippen molar-refractivity contribution in [3.63, 3.8) is 0 Å². The van der Waals surface area contributed by atoms with Gasteiger partial charge in [-0.3, -0.25) is 0 Å². The standard InChI is InChI=1S/C18H22BrN/c1-12-9-13(2)11-16(10-12)14(3)20-15(4)17-7-5-6-8-18(17)19/h5-11,14-15,20H,1-4H3. The molecular weight excluding hydrogens is 310 g/mol. The molecule has 20 heavy (non-hydrogen) atoms. The predicted molar refractivity (Wildman–Crippen MR) is 90.0 cm³/mol. The minimum atomic E-state index is 0.307. The Balaban J connectivity index is 2.15. The van der Waals surface area contributed by atoms with E-state index in [1.54, 1.807) is 0 Å². The highest BCUT2D eigenvalue weighted by molar-refractivity contribution is 9.10. The smallest absolute Gasteiger partial charge is 0.0308 e. The van der Waals surface area contributed by atoms with Crippen molar-refractivity contribution >= 4 is 15.9 Å². The highest BCUT2D eigenvalue weighted by atomic mass is 79.9. The summed E-state index contributed by atoms with van der Waals surface area (Å²) in [6.45, 7) is 8.74. The molecule has 0 saturated heterocycles. The number of aryl methyl sites for hydroxylation is 2. The summed E-state index contributed by atoms with van der Waals surface area (Å²) >= 11 is 3.63. The SMILES string of the molecule is Cc1cc(C)cc(C(C)NC(C)c2ccccc2Br)c1. The van der Waals surface area contributed by atoms with Crippen LogP contribution in [-0.2, 0) is 0 Å². The summed E-state index contributed by atoms with van der Waals surface area (Å²) in [6.07, 6.45) is 0. The number of halogens is 1. The van der Waals surface area contributed by atoms with E-state index in [2.05, 4.69) is 85.3 Å². The van der Waals surface area contributed by atoms with E-state index in [9.17, 15) is 0 Å². The van der Waals surface area contributed by atoms with Crippen molar-refractivity contribution in [3.8, 4) is 0 Å². The van der Waals surface area contributed by atoms with Crippen molar-refractivity contribution < 1.29 is 0 Å². The summed E-state index contributed by atoms with van der Waals surface area (Å²) in [5, 5.41) is 3.68. The summed E-state index contributed by atoms with van der Waals surface area (Å²) in [4.78, 5) is 0. The summed E-state index contributed by atoms with van der Waals surface area (Å²) in [6, 6.07) is 15.8. The molecular formula is C18H22BrN. The molecule has 0 radical (unpaired) electrons. The molecule has 0 aliphatic rings. The molecule has 2 aromatic carbocycles. The monoisotopic (exact) mass is 331 g/mol. The minimum absolute atomic E-state index is 0.307. The zero-order valence-corrected chi connectivity index (χ0v) is 14.2. The van der Waals surface area contributed by atoms with E-state index in [1.165, 1.54) is 22.3 Å². The van der Waals surface area contributed by atoms with E-state index in [0.29, 0.717) is 12.1 Å². The Kier molecular flexibility index (Phi) is 5.00. The van der Waals surface area contributed by atoms with Crippen LogP contribution in [0.25, 0.3) is 0 Å². The first-order valence-corrected chi connectivity index (χ1v) is 7.85. The quantitative estimate of drug-likeness (QED) is 0.782. The third-order valence-electron chi connectivity index (χ3n) is 3.62. The lowest BCUT2D eigenvalue weighted by atomic mass is 10.0. The van der Waals surface area contributed by atoms with Gasteiger partial charge in [-0.05, 0) is 44.9 Å². The average molecular weight is 332 g/mol. The molecule has 0 saturated carbocycles. The van der Waals surface area contributed by atoms with Gasteiger partial charge in [0.2, 0.25) is 0 Å². The number of benzene rings is 2. The average Bonchev–Trinajstić information content (AvgIpc) is 2.37. The summed E-state index contributed by atoms with van der Waals surface area (Å²) in [5.74, 6) is 0. The third-order valence-corrected chi connectivity index (χ3v) is 4.34. The molecule has 0 fully saturated rings. The molecule has 1 nitrogen and oxygen atoms in total. The maximum Gasteiger partial charge on any atom is 0.0308 e. The van der Waals surface area contributed by atoms with Gasteiger partial charge >= 0.3 is 0 Å². The number of nitrogens with one attached hydrogen (secondary N) is 1. The molecule has 2 atom stereocenters. The lowest BCUT2D eigenvalue weighted by Gasteiger charge is -2.22. The van der Waals surface area contributed by atoms with E-state index < -0.39 is 0 Å². The Morgan fingerprint density at radius 3 is 2.10 bits per heavy atom. The Bertz CT molecular complexity index is 571. The Morgan fingerprint density at radius 1 is 0.900 bits per heavy atom. The molecule has 1 N–H and O–H groups in total.